The van der Waals surface area contributed by atoms with Gasteiger partial charge in [-0.05, 0) is 61.0 Å². The average Bonchev–Trinajstić information content (AvgIpc) is 2.60. The lowest BCUT2D eigenvalue weighted by atomic mass is 9.52. The van der Waals surface area contributed by atoms with Crippen molar-refractivity contribution in [2.24, 2.45) is 23.2 Å². The van der Waals surface area contributed by atoms with Gasteiger partial charge in [-0.15, -0.1) is 0 Å². The predicted molar refractivity (Wildman–Crippen MR) is 103 cm³/mol. The van der Waals surface area contributed by atoms with E-state index >= 15 is 0 Å². The highest BCUT2D eigenvalue weighted by molar-refractivity contribution is 8.02. The van der Waals surface area contributed by atoms with E-state index in [1.165, 1.54) is 0 Å². The third-order valence-electron chi connectivity index (χ3n) is 6.11. The van der Waals surface area contributed by atoms with Crippen LogP contribution < -0.4 is 0 Å². The Morgan fingerprint density at radius 3 is 2.72 bits per heavy atom. The summed E-state index contributed by atoms with van der Waals surface area (Å²) in [6.07, 6.45) is 3.16. The standard InChI is InChI=1S/C22H25NOS/c1-15(2)16-9-18-11-21(24)17(12-22(18,3)19(10-16)13-23)14-25-20-7-5-4-6-8-20/h4-8,14,16,18-19H,1,9-12H2,2-3H3/b17-14+/t16-,18+,19-,22+/m1/s1. The van der Waals surface area contributed by atoms with Crippen molar-refractivity contribution >= 4 is 17.5 Å². The summed E-state index contributed by atoms with van der Waals surface area (Å²) in [6, 6.07) is 12.7. The molecule has 0 amide bonds. The molecule has 130 valence electrons. The molecule has 0 aromatic heterocycles. The van der Waals surface area contributed by atoms with E-state index in [0.717, 1.165) is 35.3 Å². The third-order valence-corrected chi connectivity index (χ3v) is 7.06. The van der Waals surface area contributed by atoms with Crippen molar-refractivity contribution in [2.75, 3.05) is 0 Å². The smallest absolute Gasteiger partial charge is 0.159 e. The van der Waals surface area contributed by atoms with E-state index in [4.69, 9.17) is 0 Å². The van der Waals surface area contributed by atoms with E-state index < -0.39 is 0 Å². The highest BCUT2D eigenvalue weighted by atomic mass is 32.2. The minimum absolute atomic E-state index is 0.00817. The molecule has 2 fully saturated rings. The summed E-state index contributed by atoms with van der Waals surface area (Å²) >= 11 is 1.60. The molecule has 0 spiro atoms. The van der Waals surface area contributed by atoms with E-state index in [-0.39, 0.29) is 17.1 Å². The Bertz CT molecular complexity index is 745. The fraction of sp³-hybridized carbons (Fsp3) is 0.455. The zero-order chi connectivity index (χ0) is 18.0. The summed E-state index contributed by atoms with van der Waals surface area (Å²) in [5.74, 6) is 0.912. The number of ketones is 1. The second-order valence-corrected chi connectivity index (χ2v) is 8.72. The fourth-order valence-electron chi connectivity index (χ4n) is 4.34. The molecule has 0 N–H and O–H groups in total. The quantitative estimate of drug-likeness (QED) is 0.394. The van der Waals surface area contributed by atoms with Crippen LogP contribution in [0, 0.1) is 34.5 Å². The van der Waals surface area contributed by atoms with Gasteiger partial charge in [0.2, 0.25) is 0 Å². The number of hydrogen-bond acceptors (Lipinski definition) is 3. The first-order chi connectivity index (χ1) is 11.9. The Kier molecular flexibility index (Phi) is 5.20. The predicted octanol–water partition coefficient (Wildman–Crippen LogP) is 5.77. The summed E-state index contributed by atoms with van der Waals surface area (Å²) < 4.78 is 0. The number of carbonyl (C=O) groups is 1. The largest absolute Gasteiger partial charge is 0.295 e. The van der Waals surface area contributed by atoms with Gasteiger partial charge in [-0.3, -0.25) is 4.79 Å². The van der Waals surface area contributed by atoms with Crippen LogP contribution in [-0.4, -0.2) is 5.78 Å². The van der Waals surface area contributed by atoms with Gasteiger partial charge in [-0.1, -0.05) is 49.0 Å². The molecule has 4 atom stereocenters. The number of allylic oxidation sites excluding steroid dienone is 2. The van der Waals surface area contributed by atoms with E-state index in [2.05, 4.69) is 31.7 Å². The number of Topliss-reactive ketones (excluding diaryl/α,β-unsaturated/α-hetero) is 1. The summed E-state index contributed by atoms with van der Waals surface area (Å²) in [5, 5.41) is 11.8. The van der Waals surface area contributed by atoms with Crippen LogP contribution in [0.2, 0.25) is 0 Å². The molecule has 25 heavy (non-hydrogen) atoms. The van der Waals surface area contributed by atoms with Crippen LogP contribution in [-0.2, 0) is 4.79 Å². The minimum Gasteiger partial charge on any atom is -0.295 e. The summed E-state index contributed by atoms with van der Waals surface area (Å²) in [5.41, 5.74) is 1.94. The van der Waals surface area contributed by atoms with Crippen LogP contribution in [0.4, 0.5) is 0 Å². The Labute approximate surface area is 155 Å². The highest BCUT2D eigenvalue weighted by Crippen LogP contribution is 2.56. The van der Waals surface area contributed by atoms with Crippen LogP contribution in [0.1, 0.15) is 39.5 Å². The summed E-state index contributed by atoms with van der Waals surface area (Å²) in [4.78, 5) is 13.8. The van der Waals surface area contributed by atoms with Gasteiger partial charge >= 0.3 is 0 Å². The van der Waals surface area contributed by atoms with Crippen molar-refractivity contribution in [1.29, 1.82) is 5.26 Å². The molecule has 0 unspecified atom stereocenters. The lowest BCUT2D eigenvalue weighted by Gasteiger charge is -2.50. The van der Waals surface area contributed by atoms with Crippen molar-refractivity contribution in [1.82, 2.24) is 0 Å². The van der Waals surface area contributed by atoms with Gasteiger partial charge in [0.25, 0.3) is 0 Å². The van der Waals surface area contributed by atoms with Gasteiger partial charge in [0.1, 0.15) is 0 Å². The molecule has 2 saturated carbocycles. The fourth-order valence-corrected chi connectivity index (χ4v) is 5.15. The Morgan fingerprint density at radius 1 is 1.36 bits per heavy atom. The molecule has 2 aliphatic rings. The number of rotatable bonds is 3. The van der Waals surface area contributed by atoms with Crippen molar-refractivity contribution in [3.8, 4) is 6.07 Å². The van der Waals surface area contributed by atoms with Gasteiger partial charge in [-0.2, -0.15) is 5.26 Å². The molecule has 0 radical (unpaired) electrons. The lowest BCUT2D eigenvalue weighted by molar-refractivity contribution is -0.122. The highest BCUT2D eigenvalue weighted by Gasteiger charge is 2.51. The maximum atomic E-state index is 12.7. The molecule has 1 aromatic carbocycles. The summed E-state index contributed by atoms with van der Waals surface area (Å²) in [6.45, 7) is 8.36. The van der Waals surface area contributed by atoms with E-state index in [0.29, 0.717) is 18.3 Å². The molecule has 0 aliphatic heterocycles. The molecular weight excluding hydrogens is 326 g/mol. The van der Waals surface area contributed by atoms with Crippen molar-refractivity contribution in [2.45, 2.75) is 44.4 Å². The third kappa shape index (κ3) is 3.60. The number of nitrogens with zero attached hydrogens (tertiary/aromatic N) is 1. The van der Waals surface area contributed by atoms with Crippen molar-refractivity contribution in [3.63, 3.8) is 0 Å². The van der Waals surface area contributed by atoms with E-state index in [1.54, 1.807) is 11.8 Å². The Morgan fingerprint density at radius 2 is 2.08 bits per heavy atom. The van der Waals surface area contributed by atoms with Gasteiger partial charge in [0, 0.05) is 16.9 Å². The lowest BCUT2D eigenvalue weighted by Crippen LogP contribution is -2.46. The zero-order valence-corrected chi connectivity index (χ0v) is 15.8. The molecule has 2 nitrogen and oxygen atoms in total. The normalized spacial score (nSPS) is 33.6. The van der Waals surface area contributed by atoms with Gasteiger partial charge in [0.05, 0.1) is 12.0 Å². The monoisotopic (exact) mass is 351 g/mol. The molecule has 2 aliphatic carbocycles. The molecule has 3 heteroatoms. The molecule has 0 saturated heterocycles. The Hall–Kier alpha value is -1.79. The van der Waals surface area contributed by atoms with Crippen LogP contribution in [0.25, 0.3) is 0 Å². The molecule has 0 heterocycles. The first-order valence-electron chi connectivity index (χ1n) is 8.93. The Balaban J connectivity index is 1.83. The van der Waals surface area contributed by atoms with Crippen molar-refractivity contribution in [3.05, 3.63) is 53.5 Å². The summed E-state index contributed by atoms with van der Waals surface area (Å²) in [7, 11) is 0. The van der Waals surface area contributed by atoms with E-state index in [1.807, 2.05) is 30.5 Å². The van der Waals surface area contributed by atoms with Crippen molar-refractivity contribution < 1.29 is 4.79 Å². The van der Waals surface area contributed by atoms with Crippen LogP contribution in [0.15, 0.2) is 58.4 Å². The molecule has 0 bridgehead atoms. The molecule has 1 aromatic rings. The van der Waals surface area contributed by atoms with Crippen LogP contribution in [0.5, 0.6) is 0 Å². The number of carbonyl (C=O) groups excluding carboxylic acids is 1. The minimum atomic E-state index is -0.0995. The number of fused-ring (bicyclic) bond motifs is 1. The second kappa shape index (κ2) is 7.22. The first kappa shape index (κ1) is 18.0. The van der Waals surface area contributed by atoms with Crippen LogP contribution >= 0.6 is 11.8 Å². The van der Waals surface area contributed by atoms with Gasteiger partial charge < -0.3 is 0 Å². The maximum Gasteiger partial charge on any atom is 0.159 e. The van der Waals surface area contributed by atoms with E-state index in [9.17, 15) is 10.1 Å². The molecular formula is C22H25NOS. The average molecular weight is 352 g/mol. The number of hydrogen-bond donors (Lipinski definition) is 0. The SMILES string of the molecule is C=C(C)[C@@H]1C[C@H]2CC(=O)/C(=C/Sc3ccccc3)C[C@]2(C)[C@@H](C#N)C1. The number of thioether (sulfide) groups is 1. The topological polar surface area (TPSA) is 40.9 Å². The number of benzene rings is 1. The maximum absolute atomic E-state index is 12.7. The first-order valence-corrected chi connectivity index (χ1v) is 9.81. The molecule has 3 rings (SSSR count). The van der Waals surface area contributed by atoms with Gasteiger partial charge in [0.15, 0.2) is 5.78 Å². The zero-order valence-electron chi connectivity index (χ0n) is 15.0. The number of nitriles is 1. The van der Waals surface area contributed by atoms with Gasteiger partial charge in [-0.25, -0.2) is 0 Å². The van der Waals surface area contributed by atoms with Crippen LogP contribution in [0.3, 0.4) is 0 Å². The second-order valence-electron chi connectivity index (χ2n) is 7.78.